The van der Waals surface area contributed by atoms with Crippen LogP contribution < -0.4 is 5.32 Å². The van der Waals surface area contributed by atoms with Gasteiger partial charge in [-0.2, -0.15) is 0 Å². The number of para-hydroxylation sites is 1. The van der Waals surface area contributed by atoms with E-state index in [0.29, 0.717) is 5.54 Å². The van der Waals surface area contributed by atoms with Gasteiger partial charge in [-0.05, 0) is 24.1 Å². The highest BCUT2D eigenvalue weighted by Crippen LogP contribution is 2.42. The Bertz CT molecular complexity index is 703. The van der Waals surface area contributed by atoms with Gasteiger partial charge in [0.2, 0.25) is 5.91 Å². The minimum absolute atomic E-state index is 0.161. The van der Waals surface area contributed by atoms with Crippen molar-refractivity contribution in [3.8, 4) is 0 Å². The number of carbonyl (C=O) groups excluding carboxylic acids is 1. The SMILES string of the molecule is C[Si](C)(C)[C@H]1CCCCC1C(=O)Nc1cccc2cccnc12. The van der Waals surface area contributed by atoms with Crippen molar-refractivity contribution < 1.29 is 4.79 Å². The van der Waals surface area contributed by atoms with Gasteiger partial charge in [0.15, 0.2) is 0 Å². The molecule has 1 unspecified atom stereocenters. The maximum absolute atomic E-state index is 13.0. The Labute approximate surface area is 139 Å². The maximum Gasteiger partial charge on any atom is 0.227 e. The fourth-order valence-electron chi connectivity index (χ4n) is 3.91. The van der Waals surface area contributed by atoms with E-state index in [1.54, 1.807) is 6.20 Å². The van der Waals surface area contributed by atoms with E-state index in [-0.39, 0.29) is 11.8 Å². The number of fused-ring (bicyclic) bond motifs is 1. The van der Waals surface area contributed by atoms with E-state index in [0.717, 1.165) is 23.0 Å². The molecular formula is C19H26N2OSi. The first-order valence-electron chi connectivity index (χ1n) is 8.61. The van der Waals surface area contributed by atoms with Crippen molar-refractivity contribution in [3.05, 3.63) is 36.5 Å². The van der Waals surface area contributed by atoms with Crippen LogP contribution in [0.25, 0.3) is 10.9 Å². The van der Waals surface area contributed by atoms with Crippen molar-refractivity contribution in [2.24, 2.45) is 5.92 Å². The van der Waals surface area contributed by atoms with Crippen molar-refractivity contribution >= 4 is 30.6 Å². The fourth-order valence-corrected chi connectivity index (χ4v) is 6.51. The molecule has 0 spiro atoms. The molecule has 2 aromatic rings. The summed E-state index contributed by atoms with van der Waals surface area (Å²) in [4.78, 5) is 17.4. The van der Waals surface area contributed by atoms with Crippen molar-refractivity contribution in [3.63, 3.8) is 0 Å². The lowest BCUT2D eigenvalue weighted by molar-refractivity contribution is -0.120. The van der Waals surface area contributed by atoms with Gasteiger partial charge in [-0.3, -0.25) is 9.78 Å². The van der Waals surface area contributed by atoms with Crippen LogP contribution in [0.3, 0.4) is 0 Å². The number of anilines is 1. The first-order chi connectivity index (χ1) is 11.0. The average Bonchev–Trinajstić information content (AvgIpc) is 2.54. The largest absolute Gasteiger partial charge is 0.324 e. The molecule has 23 heavy (non-hydrogen) atoms. The average molecular weight is 327 g/mol. The summed E-state index contributed by atoms with van der Waals surface area (Å²) in [6.45, 7) is 7.17. The Hall–Kier alpha value is -1.68. The summed E-state index contributed by atoms with van der Waals surface area (Å²) in [6, 6.07) is 9.93. The summed E-state index contributed by atoms with van der Waals surface area (Å²) in [7, 11) is -1.33. The molecule has 0 bridgehead atoms. The van der Waals surface area contributed by atoms with Gasteiger partial charge in [0.1, 0.15) is 0 Å². The summed E-state index contributed by atoms with van der Waals surface area (Å²) < 4.78 is 0. The van der Waals surface area contributed by atoms with Gasteiger partial charge < -0.3 is 5.32 Å². The molecule has 1 N–H and O–H groups in total. The van der Waals surface area contributed by atoms with Crippen LogP contribution in [-0.2, 0) is 4.79 Å². The van der Waals surface area contributed by atoms with Crippen molar-refractivity contribution in [1.82, 2.24) is 4.98 Å². The van der Waals surface area contributed by atoms with Crippen LogP contribution in [0.1, 0.15) is 25.7 Å². The first-order valence-corrected chi connectivity index (χ1v) is 12.2. The molecule has 1 fully saturated rings. The summed E-state index contributed by atoms with van der Waals surface area (Å²) in [5.41, 5.74) is 2.30. The van der Waals surface area contributed by atoms with Gasteiger partial charge in [-0.1, -0.05) is 57.1 Å². The number of nitrogens with one attached hydrogen (secondary N) is 1. The summed E-state index contributed by atoms with van der Waals surface area (Å²) in [6.07, 6.45) is 6.46. The van der Waals surface area contributed by atoms with Crippen LogP contribution in [0.2, 0.25) is 25.2 Å². The van der Waals surface area contributed by atoms with Crippen molar-refractivity contribution in [1.29, 1.82) is 0 Å². The second-order valence-electron chi connectivity index (χ2n) is 7.73. The minimum atomic E-state index is -1.33. The topological polar surface area (TPSA) is 42.0 Å². The van der Waals surface area contributed by atoms with Crippen LogP contribution in [0.5, 0.6) is 0 Å². The molecule has 1 amide bonds. The van der Waals surface area contributed by atoms with Crippen LogP contribution in [0, 0.1) is 5.92 Å². The Morgan fingerprint density at radius 1 is 1.13 bits per heavy atom. The number of nitrogens with zero attached hydrogens (tertiary/aromatic N) is 1. The Balaban J connectivity index is 1.85. The predicted octanol–water partition coefficient (Wildman–Crippen LogP) is 5.07. The number of hydrogen-bond acceptors (Lipinski definition) is 2. The molecule has 1 aromatic heterocycles. The molecular weight excluding hydrogens is 300 g/mol. The number of aromatic nitrogens is 1. The number of pyridine rings is 1. The fraction of sp³-hybridized carbons (Fsp3) is 0.474. The third-order valence-corrected chi connectivity index (χ3v) is 8.02. The Morgan fingerprint density at radius 3 is 2.65 bits per heavy atom. The van der Waals surface area contributed by atoms with E-state index in [2.05, 4.69) is 29.9 Å². The Morgan fingerprint density at radius 2 is 1.87 bits per heavy atom. The minimum Gasteiger partial charge on any atom is -0.324 e. The van der Waals surface area contributed by atoms with Crippen LogP contribution >= 0.6 is 0 Å². The zero-order valence-electron chi connectivity index (χ0n) is 14.3. The lowest BCUT2D eigenvalue weighted by Gasteiger charge is -2.38. The van der Waals surface area contributed by atoms with E-state index >= 15 is 0 Å². The van der Waals surface area contributed by atoms with Gasteiger partial charge in [-0.15, -0.1) is 0 Å². The first kappa shape index (κ1) is 16.2. The molecule has 1 aromatic carbocycles. The Kier molecular flexibility index (Phi) is 4.53. The number of hydrogen-bond donors (Lipinski definition) is 1. The van der Waals surface area contributed by atoms with Crippen molar-refractivity contribution in [2.45, 2.75) is 50.9 Å². The number of amides is 1. The summed E-state index contributed by atoms with van der Waals surface area (Å²) >= 11 is 0. The zero-order valence-corrected chi connectivity index (χ0v) is 15.3. The maximum atomic E-state index is 13.0. The zero-order chi connectivity index (χ0) is 16.4. The highest BCUT2D eigenvalue weighted by atomic mass is 28.3. The van der Waals surface area contributed by atoms with Crippen LogP contribution in [0.4, 0.5) is 5.69 Å². The van der Waals surface area contributed by atoms with Gasteiger partial charge >= 0.3 is 0 Å². The number of benzene rings is 1. The lowest BCUT2D eigenvalue weighted by Crippen LogP contribution is -2.40. The van der Waals surface area contributed by atoms with Crippen LogP contribution in [0.15, 0.2) is 36.5 Å². The molecule has 1 saturated carbocycles. The van der Waals surface area contributed by atoms with Gasteiger partial charge in [-0.25, -0.2) is 0 Å². The normalized spacial score (nSPS) is 22.0. The molecule has 4 heteroatoms. The van der Waals surface area contributed by atoms with Gasteiger partial charge in [0.25, 0.3) is 0 Å². The molecule has 1 heterocycles. The highest BCUT2D eigenvalue weighted by molar-refractivity contribution is 6.77. The third kappa shape index (κ3) is 3.47. The molecule has 0 aliphatic heterocycles. The number of rotatable bonds is 3. The number of carbonyl (C=O) groups is 1. The molecule has 3 nitrogen and oxygen atoms in total. The smallest absolute Gasteiger partial charge is 0.227 e. The molecule has 122 valence electrons. The summed E-state index contributed by atoms with van der Waals surface area (Å²) in [5.74, 6) is 0.352. The van der Waals surface area contributed by atoms with E-state index in [4.69, 9.17) is 0 Å². The second-order valence-corrected chi connectivity index (χ2v) is 13.2. The lowest BCUT2D eigenvalue weighted by atomic mass is 9.87. The third-order valence-electron chi connectivity index (χ3n) is 5.11. The predicted molar refractivity (Wildman–Crippen MR) is 99.4 cm³/mol. The monoisotopic (exact) mass is 326 g/mol. The van der Waals surface area contributed by atoms with Crippen molar-refractivity contribution in [2.75, 3.05) is 5.32 Å². The molecule has 3 rings (SSSR count). The highest BCUT2D eigenvalue weighted by Gasteiger charge is 2.39. The molecule has 0 saturated heterocycles. The summed E-state index contributed by atoms with van der Waals surface area (Å²) in [5, 5.41) is 4.24. The molecule has 1 aliphatic rings. The standard InChI is InChI=1S/C19H26N2OSi/c1-23(2,3)17-12-5-4-10-15(17)19(22)21-16-11-6-8-14-9-7-13-20-18(14)16/h6-9,11,13,15,17H,4-5,10,12H2,1-3H3,(H,21,22)/t15?,17-/m0/s1. The molecule has 1 aliphatic carbocycles. The van der Waals surface area contributed by atoms with E-state index in [1.807, 2.05) is 30.3 Å². The second kappa shape index (κ2) is 6.44. The van der Waals surface area contributed by atoms with E-state index in [9.17, 15) is 4.79 Å². The molecule has 0 radical (unpaired) electrons. The van der Waals surface area contributed by atoms with Gasteiger partial charge in [0, 0.05) is 25.6 Å². The van der Waals surface area contributed by atoms with Gasteiger partial charge in [0.05, 0.1) is 11.2 Å². The van der Waals surface area contributed by atoms with Crippen LogP contribution in [-0.4, -0.2) is 19.0 Å². The van der Waals surface area contributed by atoms with E-state index in [1.165, 1.54) is 19.3 Å². The quantitative estimate of drug-likeness (QED) is 0.800. The molecule has 2 atom stereocenters. The van der Waals surface area contributed by atoms with E-state index < -0.39 is 8.07 Å².